The van der Waals surface area contributed by atoms with Gasteiger partial charge in [0.25, 0.3) is 11.8 Å². The molecule has 0 bridgehead atoms. The molecule has 0 unspecified atom stereocenters. The molecule has 1 N–H and O–H groups in total. The predicted octanol–water partition coefficient (Wildman–Crippen LogP) is 2.99. The monoisotopic (exact) mass is 376 g/mol. The van der Waals surface area contributed by atoms with Crippen LogP contribution in [0.3, 0.4) is 0 Å². The normalized spacial score (nSPS) is 10.4. The van der Waals surface area contributed by atoms with Gasteiger partial charge in [0, 0.05) is 20.5 Å². The molecule has 0 atom stereocenters. The summed E-state index contributed by atoms with van der Waals surface area (Å²) >= 11 is 1.38. The average molecular weight is 376 g/mol. The van der Waals surface area contributed by atoms with Crippen LogP contribution < -0.4 is 10.1 Å². The number of benzene rings is 1. The summed E-state index contributed by atoms with van der Waals surface area (Å²) in [5.74, 6) is -0.164. The van der Waals surface area contributed by atoms with Gasteiger partial charge in [-0.15, -0.1) is 10.2 Å². The first-order valence-electron chi connectivity index (χ1n) is 8.57. The highest BCUT2D eigenvalue weighted by atomic mass is 32.1. The van der Waals surface area contributed by atoms with Gasteiger partial charge < -0.3 is 9.64 Å². The largest absolute Gasteiger partial charge is 0.483 e. The van der Waals surface area contributed by atoms with E-state index in [9.17, 15) is 9.59 Å². The van der Waals surface area contributed by atoms with Gasteiger partial charge >= 0.3 is 0 Å². The van der Waals surface area contributed by atoms with E-state index in [0.29, 0.717) is 16.4 Å². The van der Waals surface area contributed by atoms with Crippen LogP contribution in [0.5, 0.6) is 5.75 Å². The van der Waals surface area contributed by atoms with Crippen molar-refractivity contribution in [3.63, 3.8) is 0 Å². The highest BCUT2D eigenvalue weighted by Crippen LogP contribution is 2.22. The zero-order valence-corrected chi connectivity index (χ0v) is 16.1. The fourth-order valence-corrected chi connectivity index (χ4v) is 2.92. The molecule has 2 rings (SSSR count). The summed E-state index contributed by atoms with van der Waals surface area (Å²) in [6.07, 6.45) is 4.23. The molecular formula is C18H24N4O3S. The Morgan fingerprint density at radius 3 is 2.69 bits per heavy atom. The molecule has 0 aliphatic rings. The average Bonchev–Trinajstić information content (AvgIpc) is 3.07. The number of aryl methyl sites for hydroxylation is 1. The Bertz CT molecular complexity index is 746. The van der Waals surface area contributed by atoms with Crippen molar-refractivity contribution < 1.29 is 14.3 Å². The Kier molecular flexibility index (Phi) is 7.53. The van der Waals surface area contributed by atoms with Crippen molar-refractivity contribution in [1.82, 2.24) is 15.1 Å². The number of aromatic nitrogens is 2. The molecule has 7 nitrogen and oxygen atoms in total. The molecule has 0 radical (unpaired) electrons. The first kappa shape index (κ1) is 19.8. The number of likely N-dealkylation sites (N-methyl/N-ethyl adjacent to an activating group) is 1. The maximum absolute atomic E-state index is 12.5. The fourth-order valence-electron chi connectivity index (χ4n) is 2.14. The predicted molar refractivity (Wildman–Crippen MR) is 102 cm³/mol. The minimum atomic E-state index is -0.339. The number of hydrogen-bond acceptors (Lipinski definition) is 6. The van der Waals surface area contributed by atoms with E-state index in [1.54, 1.807) is 38.4 Å². The van der Waals surface area contributed by atoms with E-state index >= 15 is 0 Å². The van der Waals surface area contributed by atoms with E-state index in [-0.39, 0.29) is 18.4 Å². The molecule has 8 heteroatoms. The second-order valence-corrected chi connectivity index (χ2v) is 7.05. The number of unbranched alkanes of at least 4 members (excludes halogenated alkanes) is 2. The number of para-hydroxylation sites is 1. The van der Waals surface area contributed by atoms with Gasteiger partial charge in [0.15, 0.2) is 6.61 Å². The summed E-state index contributed by atoms with van der Waals surface area (Å²) in [5, 5.41) is 12.3. The van der Waals surface area contributed by atoms with Gasteiger partial charge in [-0.05, 0) is 18.6 Å². The van der Waals surface area contributed by atoms with Gasteiger partial charge in [0.1, 0.15) is 10.8 Å². The SMILES string of the molecule is CCCCCc1nnc(NC(=O)c2ccccc2OCC(=O)N(C)C)s1. The lowest BCUT2D eigenvalue weighted by Gasteiger charge is -2.13. The van der Waals surface area contributed by atoms with Crippen molar-refractivity contribution in [1.29, 1.82) is 0 Å². The highest BCUT2D eigenvalue weighted by Gasteiger charge is 2.16. The summed E-state index contributed by atoms with van der Waals surface area (Å²) in [4.78, 5) is 25.7. The summed E-state index contributed by atoms with van der Waals surface area (Å²) in [6.45, 7) is 2.02. The molecule has 0 aliphatic carbocycles. The number of nitrogens with one attached hydrogen (secondary N) is 1. The molecule has 1 aromatic carbocycles. The molecule has 2 aromatic rings. The van der Waals surface area contributed by atoms with E-state index in [1.165, 1.54) is 16.2 Å². The van der Waals surface area contributed by atoms with Gasteiger partial charge in [-0.25, -0.2) is 0 Å². The van der Waals surface area contributed by atoms with Crippen molar-refractivity contribution in [2.45, 2.75) is 32.6 Å². The Morgan fingerprint density at radius 1 is 1.19 bits per heavy atom. The summed E-state index contributed by atoms with van der Waals surface area (Å²) in [7, 11) is 3.30. The number of rotatable bonds is 9. The lowest BCUT2D eigenvalue weighted by atomic mass is 10.2. The molecule has 0 aliphatic heterocycles. The van der Waals surface area contributed by atoms with Crippen LogP contribution >= 0.6 is 11.3 Å². The second kappa shape index (κ2) is 9.86. The third-order valence-electron chi connectivity index (χ3n) is 3.66. The molecule has 0 saturated heterocycles. The lowest BCUT2D eigenvalue weighted by Crippen LogP contribution is -2.28. The summed E-state index contributed by atoms with van der Waals surface area (Å²) in [6, 6.07) is 6.80. The van der Waals surface area contributed by atoms with Crippen LogP contribution in [0, 0.1) is 0 Å². The minimum Gasteiger partial charge on any atom is -0.483 e. The molecule has 0 saturated carbocycles. The van der Waals surface area contributed by atoms with E-state index < -0.39 is 0 Å². The Hall–Kier alpha value is -2.48. The number of carbonyl (C=O) groups excluding carboxylic acids is 2. The van der Waals surface area contributed by atoms with Crippen LogP contribution in [-0.2, 0) is 11.2 Å². The van der Waals surface area contributed by atoms with Crippen molar-refractivity contribution in [3.05, 3.63) is 34.8 Å². The quantitative estimate of drug-likeness (QED) is 0.680. The fraction of sp³-hybridized carbons (Fsp3) is 0.444. The molecule has 140 valence electrons. The lowest BCUT2D eigenvalue weighted by molar-refractivity contribution is -0.130. The molecule has 26 heavy (non-hydrogen) atoms. The molecule has 2 amide bonds. The summed E-state index contributed by atoms with van der Waals surface area (Å²) in [5.41, 5.74) is 0.349. The summed E-state index contributed by atoms with van der Waals surface area (Å²) < 4.78 is 5.51. The van der Waals surface area contributed by atoms with Gasteiger partial charge in [-0.2, -0.15) is 0 Å². The topological polar surface area (TPSA) is 84.4 Å². The smallest absolute Gasteiger partial charge is 0.261 e. The van der Waals surface area contributed by atoms with E-state index in [0.717, 1.165) is 30.7 Å². The molecule has 0 spiro atoms. The highest BCUT2D eigenvalue weighted by molar-refractivity contribution is 7.15. The third kappa shape index (κ3) is 5.80. The van der Waals surface area contributed by atoms with Crippen molar-refractivity contribution in [2.75, 3.05) is 26.0 Å². The number of amides is 2. The van der Waals surface area contributed by atoms with Crippen molar-refractivity contribution in [3.8, 4) is 5.75 Å². The number of carbonyl (C=O) groups is 2. The standard InChI is InChI=1S/C18H24N4O3S/c1-4-5-6-11-15-20-21-18(26-15)19-17(24)13-9-7-8-10-14(13)25-12-16(23)22(2)3/h7-10H,4-6,11-12H2,1-3H3,(H,19,21,24). The van der Waals surface area contributed by atoms with Gasteiger partial charge in [0.2, 0.25) is 5.13 Å². The minimum absolute atomic E-state index is 0.127. The Balaban J connectivity index is 2.00. The Labute approximate surface area is 157 Å². The second-order valence-electron chi connectivity index (χ2n) is 5.99. The maximum atomic E-state index is 12.5. The van der Waals surface area contributed by atoms with E-state index in [1.807, 2.05) is 0 Å². The molecule has 1 heterocycles. The first-order chi connectivity index (χ1) is 12.5. The third-order valence-corrected chi connectivity index (χ3v) is 4.56. The maximum Gasteiger partial charge on any atom is 0.261 e. The van der Waals surface area contributed by atoms with E-state index in [4.69, 9.17) is 4.74 Å². The van der Waals surface area contributed by atoms with Crippen LogP contribution in [-0.4, -0.2) is 47.6 Å². The van der Waals surface area contributed by atoms with E-state index in [2.05, 4.69) is 22.4 Å². The van der Waals surface area contributed by atoms with Crippen LogP contribution in [0.1, 0.15) is 41.6 Å². The molecular weight excluding hydrogens is 352 g/mol. The van der Waals surface area contributed by atoms with Crippen molar-refractivity contribution in [2.24, 2.45) is 0 Å². The van der Waals surface area contributed by atoms with Crippen molar-refractivity contribution >= 4 is 28.3 Å². The number of hydrogen-bond donors (Lipinski definition) is 1. The van der Waals surface area contributed by atoms with Gasteiger partial charge in [0.05, 0.1) is 5.56 Å². The Morgan fingerprint density at radius 2 is 1.96 bits per heavy atom. The van der Waals surface area contributed by atoms with Gasteiger partial charge in [-0.1, -0.05) is 43.2 Å². The van der Waals surface area contributed by atoms with Gasteiger partial charge in [-0.3, -0.25) is 14.9 Å². The number of anilines is 1. The zero-order chi connectivity index (χ0) is 18.9. The van der Waals surface area contributed by atoms with Crippen LogP contribution in [0.15, 0.2) is 24.3 Å². The number of nitrogens with zero attached hydrogens (tertiary/aromatic N) is 3. The molecule has 0 fully saturated rings. The first-order valence-corrected chi connectivity index (χ1v) is 9.38. The number of ether oxygens (including phenoxy) is 1. The molecule has 1 aromatic heterocycles. The zero-order valence-electron chi connectivity index (χ0n) is 15.3. The van der Waals surface area contributed by atoms with Crippen LogP contribution in [0.2, 0.25) is 0 Å². The van der Waals surface area contributed by atoms with Crippen LogP contribution in [0.4, 0.5) is 5.13 Å². The van der Waals surface area contributed by atoms with Crippen LogP contribution in [0.25, 0.3) is 0 Å².